The van der Waals surface area contributed by atoms with Crippen molar-refractivity contribution in [3.8, 4) is 5.75 Å². The summed E-state index contributed by atoms with van der Waals surface area (Å²) in [5.74, 6) is 1.47. The number of amides is 1. The van der Waals surface area contributed by atoms with Crippen LogP contribution in [0.2, 0.25) is 0 Å². The molecule has 4 rings (SSSR count). The van der Waals surface area contributed by atoms with Crippen LogP contribution in [0.1, 0.15) is 31.7 Å². The van der Waals surface area contributed by atoms with Crippen molar-refractivity contribution in [3.63, 3.8) is 0 Å². The molecule has 2 aromatic carbocycles. The Labute approximate surface area is 210 Å². The van der Waals surface area contributed by atoms with Gasteiger partial charge in [-0.2, -0.15) is 4.37 Å². The van der Waals surface area contributed by atoms with Crippen molar-refractivity contribution in [2.24, 2.45) is 0 Å². The van der Waals surface area contributed by atoms with Crippen LogP contribution in [0.15, 0.2) is 48.5 Å². The third-order valence-electron chi connectivity index (χ3n) is 6.23. The Hall–Kier alpha value is -3.20. The zero-order chi connectivity index (χ0) is 24.8. The van der Waals surface area contributed by atoms with Crippen LogP contribution < -0.4 is 14.5 Å². The molecule has 7 nitrogen and oxygen atoms in total. The summed E-state index contributed by atoms with van der Waals surface area (Å²) >= 11 is 1.34. The van der Waals surface area contributed by atoms with Gasteiger partial charge in [-0.15, -0.1) is 0 Å². The van der Waals surface area contributed by atoms with Crippen LogP contribution in [-0.4, -0.2) is 66.0 Å². The van der Waals surface area contributed by atoms with E-state index in [1.807, 2.05) is 23.1 Å². The molecule has 0 bridgehead atoms. The molecular formula is C26H32FN5O2S. The number of carbonyl (C=O) groups is 1. The van der Waals surface area contributed by atoms with Crippen molar-refractivity contribution in [2.75, 3.05) is 49.6 Å². The molecule has 0 radical (unpaired) electrons. The molecule has 1 saturated heterocycles. The predicted octanol–water partition coefficient (Wildman–Crippen LogP) is 4.23. The van der Waals surface area contributed by atoms with Crippen LogP contribution in [0.25, 0.3) is 0 Å². The van der Waals surface area contributed by atoms with Crippen molar-refractivity contribution in [1.29, 1.82) is 0 Å². The van der Waals surface area contributed by atoms with Gasteiger partial charge in [-0.3, -0.25) is 4.79 Å². The number of piperazine rings is 1. The van der Waals surface area contributed by atoms with E-state index in [-0.39, 0.29) is 17.8 Å². The van der Waals surface area contributed by atoms with E-state index >= 15 is 0 Å². The molecule has 0 aliphatic carbocycles. The molecule has 1 aliphatic rings. The molecule has 0 N–H and O–H groups in total. The molecule has 0 unspecified atom stereocenters. The van der Waals surface area contributed by atoms with Crippen molar-refractivity contribution in [1.82, 2.24) is 14.3 Å². The molecule has 0 atom stereocenters. The highest BCUT2D eigenvalue weighted by molar-refractivity contribution is 7.09. The molecule has 1 fully saturated rings. The lowest BCUT2D eigenvalue weighted by Crippen LogP contribution is -2.49. The number of rotatable bonds is 9. The third-order valence-corrected chi connectivity index (χ3v) is 7.02. The van der Waals surface area contributed by atoms with E-state index in [9.17, 15) is 9.18 Å². The van der Waals surface area contributed by atoms with Crippen molar-refractivity contribution >= 4 is 28.3 Å². The van der Waals surface area contributed by atoms with E-state index in [2.05, 4.69) is 34.1 Å². The molecule has 1 aromatic heterocycles. The molecule has 1 aliphatic heterocycles. The van der Waals surface area contributed by atoms with E-state index in [4.69, 9.17) is 9.72 Å². The average Bonchev–Trinajstić information content (AvgIpc) is 3.33. The predicted molar refractivity (Wildman–Crippen MR) is 138 cm³/mol. The summed E-state index contributed by atoms with van der Waals surface area (Å²) in [6.07, 6.45) is 0.984. The van der Waals surface area contributed by atoms with Crippen molar-refractivity contribution in [2.45, 2.75) is 32.7 Å². The van der Waals surface area contributed by atoms with E-state index in [0.717, 1.165) is 35.2 Å². The monoisotopic (exact) mass is 497 g/mol. The topological polar surface area (TPSA) is 61.8 Å². The van der Waals surface area contributed by atoms with Gasteiger partial charge in [-0.05, 0) is 43.7 Å². The number of carbonyl (C=O) groups excluding carboxylic acids is 1. The molecule has 9 heteroatoms. The number of ether oxygens (including phenoxy) is 1. The highest BCUT2D eigenvalue weighted by Gasteiger charge is 2.24. The summed E-state index contributed by atoms with van der Waals surface area (Å²) in [5, 5.41) is 0.811. The smallest absolute Gasteiger partial charge is 0.224 e. The zero-order valence-electron chi connectivity index (χ0n) is 20.5. The van der Waals surface area contributed by atoms with Gasteiger partial charge in [-0.25, -0.2) is 9.37 Å². The average molecular weight is 498 g/mol. The number of methoxy groups -OCH3 is 1. The fraction of sp³-hybridized carbons (Fsp3) is 0.423. The maximum atomic E-state index is 13.2. The summed E-state index contributed by atoms with van der Waals surface area (Å²) < 4.78 is 23.1. The summed E-state index contributed by atoms with van der Waals surface area (Å²) in [5.41, 5.74) is 2.04. The summed E-state index contributed by atoms with van der Waals surface area (Å²) in [4.78, 5) is 24.0. The van der Waals surface area contributed by atoms with Gasteiger partial charge < -0.3 is 19.4 Å². The van der Waals surface area contributed by atoms with E-state index in [0.29, 0.717) is 38.3 Å². The maximum Gasteiger partial charge on any atom is 0.224 e. The first-order valence-corrected chi connectivity index (χ1v) is 12.7. The quantitative estimate of drug-likeness (QED) is 0.441. The van der Waals surface area contributed by atoms with Gasteiger partial charge in [0, 0.05) is 63.1 Å². The number of halogens is 1. The summed E-state index contributed by atoms with van der Waals surface area (Å²) in [7, 11) is 1.68. The second-order valence-corrected chi connectivity index (χ2v) is 9.60. The fourth-order valence-electron chi connectivity index (χ4n) is 4.25. The summed E-state index contributed by atoms with van der Waals surface area (Å²) in [6.45, 7) is 7.73. The van der Waals surface area contributed by atoms with Crippen LogP contribution in [0.4, 0.5) is 15.2 Å². The molecule has 3 aromatic rings. The van der Waals surface area contributed by atoms with Crippen LogP contribution in [-0.2, 0) is 11.2 Å². The van der Waals surface area contributed by atoms with Gasteiger partial charge in [0.1, 0.15) is 17.4 Å². The van der Waals surface area contributed by atoms with Crippen molar-refractivity contribution in [3.05, 3.63) is 65.7 Å². The SMILES string of the molecule is COc1ccccc1N1CCN(C(=O)CCN(c2nc(Cc3ccc(F)cc3)ns2)C(C)C)CC1. The molecule has 186 valence electrons. The minimum atomic E-state index is -0.252. The molecular weight excluding hydrogens is 465 g/mol. The normalized spacial score (nSPS) is 13.9. The fourth-order valence-corrected chi connectivity index (χ4v) is 5.10. The van der Waals surface area contributed by atoms with Gasteiger partial charge in [-0.1, -0.05) is 24.3 Å². The van der Waals surface area contributed by atoms with Crippen LogP contribution in [0.5, 0.6) is 5.75 Å². The lowest BCUT2D eigenvalue weighted by molar-refractivity contribution is -0.131. The largest absolute Gasteiger partial charge is 0.495 e. The van der Waals surface area contributed by atoms with Gasteiger partial charge in [0.05, 0.1) is 12.8 Å². The first-order valence-electron chi connectivity index (χ1n) is 11.9. The lowest BCUT2D eigenvalue weighted by Gasteiger charge is -2.37. The highest BCUT2D eigenvalue weighted by atomic mass is 32.1. The van der Waals surface area contributed by atoms with E-state index in [1.165, 1.54) is 23.7 Å². The molecule has 0 spiro atoms. The maximum absolute atomic E-state index is 13.2. The first-order chi connectivity index (χ1) is 16.9. The Bertz CT molecular complexity index is 1110. The minimum absolute atomic E-state index is 0.159. The molecule has 35 heavy (non-hydrogen) atoms. The second kappa shape index (κ2) is 11.5. The van der Waals surface area contributed by atoms with Crippen molar-refractivity contribution < 1.29 is 13.9 Å². The summed E-state index contributed by atoms with van der Waals surface area (Å²) in [6, 6.07) is 14.6. The zero-order valence-corrected chi connectivity index (χ0v) is 21.3. The van der Waals surface area contributed by atoms with Gasteiger partial charge in [0.15, 0.2) is 0 Å². The minimum Gasteiger partial charge on any atom is -0.495 e. The highest BCUT2D eigenvalue weighted by Crippen LogP contribution is 2.28. The number of anilines is 2. The number of para-hydroxylation sites is 2. The van der Waals surface area contributed by atoms with E-state index in [1.54, 1.807) is 19.2 Å². The second-order valence-electron chi connectivity index (χ2n) is 8.87. The number of aromatic nitrogens is 2. The van der Waals surface area contributed by atoms with E-state index < -0.39 is 0 Å². The number of nitrogens with zero attached hydrogens (tertiary/aromatic N) is 5. The van der Waals surface area contributed by atoms with Crippen LogP contribution >= 0.6 is 11.5 Å². The third kappa shape index (κ3) is 6.28. The Kier molecular flexibility index (Phi) is 8.17. The molecule has 1 amide bonds. The molecule has 2 heterocycles. The Morgan fingerprint density at radius 1 is 1.11 bits per heavy atom. The molecule has 0 saturated carbocycles. The number of benzene rings is 2. The lowest BCUT2D eigenvalue weighted by atomic mass is 10.1. The van der Waals surface area contributed by atoms with Gasteiger partial charge in [0.2, 0.25) is 11.0 Å². The number of hydrogen-bond donors (Lipinski definition) is 0. The first kappa shape index (κ1) is 24.9. The van der Waals surface area contributed by atoms with Crippen LogP contribution in [0, 0.1) is 5.82 Å². The Balaban J connectivity index is 1.31. The van der Waals surface area contributed by atoms with Gasteiger partial charge >= 0.3 is 0 Å². The Morgan fingerprint density at radius 3 is 2.51 bits per heavy atom. The van der Waals surface area contributed by atoms with Gasteiger partial charge in [0.25, 0.3) is 0 Å². The standard InChI is InChI=1S/C26H32FN5O2S/c1-19(2)32(26-28-24(29-35-26)18-20-8-10-21(27)11-9-20)13-12-25(33)31-16-14-30(15-17-31)22-6-4-5-7-23(22)34-3/h4-11,19H,12-18H2,1-3H3. The van der Waals surface area contributed by atoms with Crippen LogP contribution in [0.3, 0.4) is 0 Å². The number of hydrogen-bond acceptors (Lipinski definition) is 7. The Morgan fingerprint density at radius 2 is 1.83 bits per heavy atom.